The third-order valence-corrected chi connectivity index (χ3v) is 6.06. The van der Waals surface area contributed by atoms with Crippen LogP contribution in [-0.4, -0.2) is 27.8 Å². The Morgan fingerprint density at radius 2 is 1.64 bits per heavy atom. The summed E-state index contributed by atoms with van der Waals surface area (Å²) in [6.45, 7) is 0.321. The molecule has 3 aromatic carbocycles. The lowest BCUT2D eigenvalue weighted by molar-refractivity contribution is 0.102. The first-order valence-electron chi connectivity index (χ1n) is 10.4. The summed E-state index contributed by atoms with van der Waals surface area (Å²) < 4.78 is 12.9. The second kappa shape index (κ2) is 10.7. The summed E-state index contributed by atoms with van der Waals surface area (Å²) >= 11 is 1.58. The van der Waals surface area contributed by atoms with Gasteiger partial charge in [0, 0.05) is 24.1 Å². The van der Waals surface area contributed by atoms with E-state index in [9.17, 15) is 4.79 Å². The van der Waals surface area contributed by atoms with Crippen molar-refractivity contribution in [2.75, 3.05) is 12.4 Å². The van der Waals surface area contributed by atoms with Gasteiger partial charge in [0.25, 0.3) is 5.91 Å². The minimum Gasteiger partial charge on any atom is -0.497 e. The predicted octanol–water partition coefficient (Wildman–Crippen LogP) is 4.95. The van der Waals surface area contributed by atoms with E-state index in [0.29, 0.717) is 17.9 Å². The molecule has 1 aromatic heterocycles. The first-order valence-corrected chi connectivity index (χ1v) is 11.3. The number of hydrogen-bond acceptors (Lipinski definition) is 6. The average Bonchev–Trinajstić information content (AvgIpc) is 3.21. The molecule has 0 aliphatic rings. The molecule has 4 aromatic rings. The second-order valence-electron chi connectivity index (χ2n) is 7.23. The quantitative estimate of drug-likeness (QED) is 0.356. The molecule has 0 fully saturated rings. The van der Waals surface area contributed by atoms with Crippen molar-refractivity contribution in [1.29, 1.82) is 0 Å². The van der Waals surface area contributed by atoms with Crippen molar-refractivity contribution >= 4 is 23.4 Å². The number of benzene rings is 3. The molecule has 0 aliphatic carbocycles. The SMILES string of the molecule is COc1ccc(OCc2nnc(SCc3ccc(C(=O)Nc4ccccc4)cc3)n2C)cc1. The van der Waals surface area contributed by atoms with E-state index >= 15 is 0 Å². The van der Waals surface area contributed by atoms with Crippen molar-refractivity contribution in [3.63, 3.8) is 0 Å². The van der Waals surface area contributed by atoms with Gasteiger partial charge in [0.05, 0.1) is 7.11 Å². The summed E-state index contributed by atoms with van der Waals surface area (Å²) in [6, 6.07) is 24.4. The number of aromatic nitrogens is 3. The number of carbonyl (C=O) groups is 1. The van der Waals surface area contributed by atoms with Crippen molar-refractivity contribution in [3.05, 3.63) is 95.8 Å². The number of anilines is 1. The normalized spacial score (nSPS) is 10.6. The van der Waals surface area contributed by atoms with Crippen LogP contribution in [-0.2, 0) is 19.4 Å². The lowest BCUT2D eigenvalue weighted by Gasteiger charge is -2.08. The molecule has 0 saturated heterocycles. The molecule has 33 heavy (non-hydrogen) atoms. The summed E-state index contributed by atoms with van der Waals surface area (Å²) in [4.78, 5) is 12.4. The smallest absolute Gasteiger partial charge is 0.255 e. The van der Waals surface area contributed by atoms with Gasteiger partial charge in [0.2, 0.25) is 0 Å². The number of carbonyl (C=O) groups excluding carboxylic acids is 1. The van der Waals surface area contributed by atoms with Crippen molar-refractivity contribution in [2.45, 2.75) is 17.5 Å². The minimum atomic E-state index is -0.129. The molecule has 0 unspecified atom stereocenters. The van der Waals surface area contributed by atoms with E-state index in [-0.39, 0.29) is 5.91 Å². The van der Waals surface area contributed by atoms with Crippen LogP contribution >= 0.6 is 11.8 Å². The van der Waals surface area contributed by atoms with Crippen LogP contribution in [0, 0.1) is 0 Å². The maximum absolute atomic E-state index is 12.4. The average molecular weight is 461 g/mol. The second-order valence-corrected chi connectivity index (χ2v) is 8.17. The Hall–Kier alpha value is -3.78. The number of nitrogens with zero attached hydrogens (tertiary/aromatic N) is 3. The number of nitrogens with one attached hydrogen (secondary N) is 1. The van der Waals surface area contributed by atoms with Gasteiger partial charge in [-0.2, -0.15) is 0 Å². The van der Waals surface area contributed by atoms with Crippen LogP contribution in [0.25, 0.3) is 0 Å². The van der Waals surface area contributed by atoms with Gasteiger partial charge in [-0.15, -0.1) is 10.2 Å². The Bertz CT molecular complexity index is 1190. The number of hydrogen-bond donors (Lipinski definition) is 1. The summed E-state index contributed by atoms with van der Waals surface area (Å²) in [5, 5.41) is 12.2. The molecule has 8 heteroatoms. The van der Waals surface area contributed by atoms with Crippen LogP contribution in [0.3, 0.4) is 0 Å². The summed E-state index contributed by atoms with van der Waals surface area (Å²) in [5.41, 5.74) is 2.48. The number of thioether (sulfide) groups is 1. The van der Waals surface area contributed by atoms with Gasteiger partial charge in [-0.25, -0.2) is 0 Å². The summed E-state index contributed by atoms with van der Waals surface area (Å²) in [5.74, 6) is 2.84. The number of amides is 1. The zero-order valence-electron chi connectivity index (χ0n) is 18.4. The first-order chi connectivity index (χ1) is 16.1. The molecule has 0 spiro atoms. The Kier molecular flexibility index (Phi) is 7.26. The fourth-order valence-electron chi connectivity index (χ4n) is 3.04. The minimum absolute atomic E-state index is 0.129. The van der Waals surface area contributed by atoms with Crippen molar-refractivity contribution in [1.82, 2.24) is 14.8 Å². The first kappa shape index (κ1) is 22.4. The van der Waals surface area contributed by atoms with Crippen molar-refractivity contribution in [2.24, 2.45) is 7.05 Å². The van der Waals surface area contributed by atoms with Gasteiger partial charge in [-0.3, -0.25) is 4.79 Å². The summed E-state index contributed by atoms with van der Waals surface area (Å²) in [7, 11) is 3.55. The van der Waals surface area contributed by atoms with Gasteiger partial charge >= 0.3 is 0 Å². The van der Waals surface area contributed by atoms with Crippen LogP contribution in [0.5, 0.6) is 11.5 Å². The third kappa shape index (κ3) is 5.93. The molecule has 1 heterocycles. The molecule has 0 saturated carbocycles. The van der Waals surface area contributed by atoms with Gasteiger partial charge in [0.15, 0.2) is 11.0 Å². The fraction of sp³-hybridized carbons (Fsp3) is 0.160. The Labute approximate surface area is 196 Å². The van der Waals surface area contributed by atoms with E-state index in [1.165, 1.54) is 0 Å². The van der Waals surface area contributed by atoms with Gasteiger partial charge in [0.1, 0.15) is 18.1 Å². The van der Waals surface area contributed by atoms with Gasteiger partial charge in [-0.1, -0.05) is 42.1 Å². The zero-order chi connectivity index (χ0) is 23.0. The van der Waals surface area contributed by atoms with Crippen LogP contribution in [0.4, 0.5) is 5.69 Å². The molecular formula is C25H24N4O3S. The van der Waals surface area contributed by atoms with E-state index in [1.54, 1.807) is 18.9 Å². The van der Waals surface area contributed by atoms with Gasteiger partial charge < -0.3 is 19.4 Å². The molecule has 4 rings (SSSR count). The highest BCUT2D eigenvalue weighted by atomic mass is 32.2. The van der Waals surface area contributed by atoms with E-state index in [4.69, 9.17) is 9.47 Å². The van der Waals surface area contributed by atoms with Gasteiger partial charge in [-0.05, 0) is 54.1 Å². The number of rotatable bonds is 9. The highest BCUT2D eigenvalue weighted by Crippen LogP contribution is 2.23. The summed E-state index contributed by atoms with van der Waals surface area (Å²) in [6.07, 6.45) is 0. The highest BCUT2D eigenvalue weighted by Gasteiger charge is 2.11. The predicted molar refractivity (Wildman–Crippen MR) is 129 cm³/mol. The molecule has 0 bridgehead atoms. The topological polar surface area (TPSA) is 78.3 Å². The van der Waals surface area contributed by atoms with Crippen LogP contribution in [0.2, 0.25) is 0 Å². The van der Waals surface area contributed by atoms with Crippen molar-refractivity contribution in [3.8, 4) is 11.5 Å². The Balaban J connectivity index is 1.30. The fourth-order valence-corrected chi connectivity index (χ4v) is 3.93. The van der Waals surface area contributed by atoms with E-state index in [2.05, 4.69) is 15.5 Å². The zero-order valence-corrected chi connectivity index (χ0v) is 19.2. The molecule has 7 nitrogen and oxygen atoms in total. The van der Waals surface area contributed by atoms with Crippen LogP contribution in [0.1, 0.15) is 21.7 Å². The Morgan fingerprint density at radius 3 is 2.33 bits per heavy atom. The lowest BCUT2D eigenvalue weighted by Crippen LogP contribution is -2.11. The van der Waals surface area contributed by atoms with E-state index in [0.717, 1.165) is 33.7 Å². The maximum Gasteiger partial charge on any atom is 0.255 e. The molecule has 0 radical (unpaired) electrons. The lowest BCUT2D eigenvalue weighted by atomic mass is 10.1. The molecule has 1 amide bonds. The van der Waals surface area contributed by atoms with Crippen molar-refractivity contribution < 1.29 is 14.3 Å². The standard InChI is InChI=1S/C25H24N4O3S/c1-29-23(16-32-22-14-12-21(31-2)13-15-22)27-28-25(29)33-17-18-8-10-19(11-9-18)24(30)26-20-6-4-3-5-7-20/h3-15H,16-17H2,1-2H3,(H,26,30). The third-order valence-electron chi connectivity index (χ3n) is 4.97. The van der Waals surface area contributed by atoms with E-state index in [1.807, 2.05) is 90.5 Å². The monoisotopic (exact) mass is 460 g/mol. The number of ether oxygens (including phenoxy) is 2. The number of para-hydroxylation sites is 1. The van der Waals surface area contributed by atoms with Crippen LogP contribution < -0.4 is 14.8 Å². The molecule has 1 N–H and O–H groups in total. The molecule has 168 valence electrons. The van der Waals surface area contributed by atoms with Crippen LogP contribution in [0.15, 0.2) is 84.0 Å². The number of methoxy groups -OCH3 is 1. The highest BCUT2D eigenvalue weighted by molar-refractivity contribution is 7.98. The molecule has 0 atom stereocenters. The molecular weight excluding hydrogens is 436 g/mol. The molecule has 0 aliphatic heterocycles. The Morgan fingerprint density at radius 1 is 0.939 bits per heavy atom. The van der Waals surface area contributed by atoms with E-state index < -0.39 is 0 Å². The largest absolute Gasteiger partial charge is 0.497 e. The maximum atomic E-state index is 12.4.